The van der Waals surface area contributed by atoms with E-state index in [1.165, 1.54) is 0 Å². The van der Waals surface area contributed by atoms with Crippen LogP contribution < -0.4 is 20.7 Å². The summed E-state index contributed by atoms with van der Waals surface area (Å²) in [4.78, 5) is 15.6. The Morgan fingerprint density at radius 1 is 1.17 bits per heavy atom. The summed E-state index contributed by atoms with van der Waals surface area (Å²) in [5.41, 5.74) is 2.90. The number of carbonyl (C=O) groups excluding carboxylic acids is 1. The van der Waals surface area contributed by atoms with E-state index in [1.54, 1.807) is 19.2 Å². The number of amides is 1. The molecule has 2 aromatic carbocycles. The van der Waals surface area contributed by atoms with Crippen molar-refractivity contribution in [1.82, 2.24) is 10.6 Å². The number of fused-ring (bicyclic) bond motifs is 1. The summed E-state index contributed by atoms with van der Waals surface area (Å²) < 4.78 is 5.80. The topological polar surface area (TPSA) is 74.8 Å². The van der Waals surface area contributed by atoms with Crippen LogP contribution in [0.5, 0.6) is 5.75 Å². The van der Waals surface area contributed by atoms with Gasteiger partial charge in [-0.25, -0.2) is 0 Å². The smallest absolute Gasteiger partial charge is 0.224 e. The van der Waals surface area contributed by atoms with Crippen LogP contribution in [-0.2, 0) is 17.8 Å². The van der Waals surface area contributed by atoms with Crippen molar-refractivity contribution in [2.45, 2.75) is 19.4 Å². The minimum absolute atomic E-state index is 0. The first-order valence-corrected chi connectivity index (χ1v) is 9.75. The van der Waals surface area contributed by atoms with E-state index in [9.17, 15) is 4.79 Å². The molecule has 0 aliphatic carbocycles. The standard InChI is InChI=1S/C20H22Cl2N4O2.HI/c1-23-20(25-12-14-2-4-15(21)11-17(14)22)24-8-9-28-16-5-6-18-13(10-16)3-7-19(27)26-18;/h2,4-6,10-11H,3,7-9,12H2,1H3,(H,26,27)(H2,23,24,25);1H. The van der Waals surface area contributed by atoms with Crippen LogP contribution in [0.4, 0.5) is 5.69 Å². The fourth-order valence-corrected chi connectivity index (χ4v) is 3.33. The van der Waals surface area contributed by atoms with Gasteiger partial charge in [0.25, 0.3) is 0 Å². The van der Waals surface area contributed by atoms with E-state index in [2.05, 4.69) is 20.9 Å². The van der Waals surface area contributed by atoms with Crippen molar-refractivity contribution in [1.29, 1.82) is 0 Å². The first kappa shape index (κ1) is 23.6. The highest BCUT2D eigenvalue weighted by atomic mass is 127. The maximum atomic E-state index is 11.4. The van der Waals surface area contributed by atoms with Gasteiger partial charge in [-0.05, 0) is 47.9 Å². The number of hydrogen-bond acceptors (Lipinski definition) is 3. The zero-order valence-electron chi connectivity index (χ0n) is 15.9. The number of rotatable bonds is 6. The van der Waals surface area contributed by atoms with Gasteiger partial charge in [-0.2, -0.15) is 0 Å². The van der Waals surface area contributed by atoms with Gasteiger partial charge < -0.3 is 20.7 Å². The maximum absolute atomic E-state index is 11.4. The van der Waals surface area contributed by atoms with E-state index >= 15 is 0 Å². The van der Waals surface area contributed by atoms with Crippen molar-refractivity contribution in [2.75, 3.05) is 25.5 Å². The number of halogens is 3. The molecule has 1 heterocycles. The number of aliphatic imine (C=N–C) groups is 1. The average molecular weight is 549 g/mol. The summed E-state index contributed by atoms with van der Waals surface area (Å²) in [6.07, 6.45) is 1.25. The summed E-state index contributed by atoms with van der Waals surface area (Å²) in [6, 6.07) is 11.1. The van der Waals surface area contributed by atoms with Crippen molar-refractivity contribution in [3.05, 3.63) is 57.6 Å². The van der Waals surface area contributed by atoms with E-state index in [0.29, 0.717) is 42.1 Å². The number of ether oxygens (including phenoxy) is 1. The molecule has 0 saturated carbocycles. The first-order valence-electron chi connectivity index (χ1n) is 8.99. The highest BCUT2D eigenvalue weighted by Crippen LogP contribution is 2.26. The van der Waals surface area contributed by atoms with Gasteiger partial charge in [0.15, 0.2) is 5.96 Å². The first-order chi connectivity index (χ1) is 13.5. The highest BCUT2D eigenvalue weighted by molar-refractivity contribution is 14.0. The van der Waals surface area contributed by atoms with E-state index in [0.717, 1.165) is 29.0 Å². The van der Waals surface area contributed by atoms with Crippen LogP contribution in [0.1, 0.15) is 17.5 Å². The molecular formula is C20H23Cl2IN4O2. The van der Waals surface area contributed by atoms with E-state index < -0.39 is 0 Å². The summed E-state index contributed by atoms with van der Waals surface area (Å²) in [6.45, 7) is 1.60. The molecule has 0 bridgehead atoms. The molecule has 0 aromatic heterocycles. The molecule has 1 aliphatic rings. The predicted molar refractivity (Wildman–Crippen MR) is 129 cm³/mol. The van der Waals surface area contributed by atoms with Gasteiger partial charge in [-0.1, -0.05) is 29.3 Å². The molecule has 0 atom stereocenters. The van der Waals surface area contributed by atoms with Gasteiger partial charge in [0, 0.05) is 35.7 Å². The molecule has 6 nitrogen and oxygen atoms in total. The molecular weight excluding hydrogens is 526 g/mol. The Balaban J connectivity index is 0.00000300. The van der Waals surface area contributed by atoms with Crippen LogP contribution in [0.3, 0.4) is 0 Å². The molecule has 9 heteroatoms. The molecule has 156 valence electrons. The summed E-state index contributed by atoms with van der Waals surface area (Å²) in [5.74, 6) is 1.50. The van der Waals surface area contributed by atoms with E-state index in [-0.39, 0.29) is 29.9 Å². The molecule has 0 spiro atoms. The number of nitrogens with one attached hydrogen (secondary N) is 3. The molecule has 3 N–H and O–H groups in total. The number of carbonyl (C=O) groups is 1. The summed E-state index contributed by atoms with van der Waals surface area (Å²) in [5, 5.41) is 10.5. The molecule has 29 heavy (non-hydrogen) atoms. The van der Waals surface area contributed by atoms with Crippen molar-refractivity contribution >= 4 is 64.7 Å². The van der Waals surface area contributed by atoms with Gasteiger partial charge in [0.1, 0.15) is 12.4 Å². The van der Waals surface area contributed by atoms with Gasteiger partial charge in [-0.3, -0.25) is 9.79 Å². The minimum Gasteiger partial charge on any atom is -0.492 e. The minimum atomic E-state index is 0. The second-order valence-electron chi connectivity index (χ2n) is 6.30. The van der Waals surface area contributed by atoms with Crippen molar-refractivity contribution < 1.29 is 9.53 Å². The Labute approximate surface area is 197 Å². The lowest BCUT2D eigenvalue weighted by atomic mass is 10.0. The van der Waals surface area contributed by atoms with Gasteiger partial charge >= 0.3 is 0 Å². The van der Waals surface area contributed by atoms with Crippen LogP contribution in [0, 0.1) is 0 Å². The second-order valence-corrected chi connectivity index (χ2v) is 7.15. The Morgan fingerprint density at radius 2 is 2.00 bits per heavy atom. The number of nitrogens with zero attached hydrogens (tertiary/aromatic N) is 1. The largest absolute Gasteiger partial charge is 0.492 e. The fourth-order valence-electron chi connectivity index (χ4n) is 2.85. The number of aryl methyl sites for hydroxylation is 1. The molecule has 2 aromatic rings. The predicted octanol–water partition coefficient (Wildman–Crippen LogP) is 4.24. The van der Waals surface area contributed by atoms with E-state index in [4.69, 9.17) is 27.9 Å². The highest BCUT2D eigenvalue weighted by Gasteiger charge is 2.15. The summed E-state index contributed by atoms with van der Waals surface area (Å²) >= 11 is 12.1. The lowest BCUT2D eigenvalue weighted by Gasteiger charge is -2.18. The van der Waals surface area contributed by atoms with Gasteiger partial charge in [0.2, 0.25) is 5.91 Å². The van der Waals surface area contributed by atoms with Crippen molar-refractivity contribution in [3.8, 4) is 5.75 Å². The summed E-state index contributed by atoms with van der Waals surface area (Å²) in [7, 11) is 1.71. The monoisotopic (exact) mass is 548 g/mol. The van der Waals surface area contributed by atoms with Crippen molar-refractivity contribution in [2.24, 2.45) is 4.99 Å². The average Bonchev–Trinajstić information content (AvgIpc) is 2.68. The Kier molecular flexibility index (Phi) is 9.32. The third-order valence-electron chi connectivity index (χ3n) is 4.32. The molecule has 0 radical (unpaired) electrons. The molecule has 1 aliphatic heterocycles. The lowest BCUT2D eigenvalue weighted by Crippen LogP contribution is -2.38. The van der Waals surface area contributed by atoms with Gasteiger partial charge in [-0.15, -0.1) is 24.0 Å². The molecule has 0 fully saturated rings. The zero-order valence-corrected chi connectivity index (χ0v) is 19.8. The zero-order chi connectivity index (χ0) is 19.9. The quantitative estimate of drug-likeness (QED) is 0.218. The third-order valence-corrected chi connectivity index (χ3v) is 4.91. The number of guanidine groups is 1. The van der Waals surface area contributed by atoms with Crippen LogP contribution in [0.15, 0.2) is 41.4 Å². The van der Waals surface area contributed by atoms with Crippen LogP contribution in [-0.4, -0.2) is 32.1 Å². The van der Waals surface area contributed by atoms with Crippen LogP contribution in [0.25, 0.3) is 0 Å². The van der Waals surface area contributed by atoms with Crippen LogP contribution >= 0.6 is 47.2 Å². The lowest BCUT2D eigenvalue weighted by molar-refractivity contribution is -0.116. The maximum Gasteiger partial charge on any atom is 0.224 e. The Hall–Kier alpha value is -1.71. The Morgan fingerprint density at radius 3 is 2.76 bits per heavy atom. The van der Waals surface area contributed by atoms with E-state index in [1.807, 2.05) is 24.3 Å². The second kappa shape index (κ2) is 11.5. The number of anilines is 1. The van der Waals surface area contributed by atoms with Gasteiger partial charge in [0.05, 0.1) is 6.54 Å². The molecule has 0 unspecified atom stereocenters. The third kappa shape index (κ3) is 6.94. The van der Waals surface area contributed by atoms with Crippen LogP contribution in [0.2, 0.25) is 10.0 Å². The Bertz CT molecular complexity index is 893. The SMILES string of the molecule is CN=C(NCCOc1ccc2c(c1)CCC(=O)N2)NCc1ccc(Cl)cc1Cl.I. The molecule has 0 saturated heterocycles. The fraction of sp³-hybridized carbons (Fsp3) is 0.300. The molecule has 3 rings (SSSR count). The number of hydrogen-bond donors (Lipinski definition) is 3. The molecule has 1 amide bonds. The number of benzene rings is 2. The van der Waals surface area contributed by atoms with Crippen molar-refractivity contribution in [3.63, 3.8) is 0 Å². The normalized spacial score (nSPS) is 13.1.